The molecule has 88 valence electrons. The Balaban J connectivity index is 3.33. The van der Waals surface area contributed by atoms with Gasteiger partial charge < -0.3 is 0 Å². The lowest BCUT2D eigenvalue weighted by atomic mass is 10.1. The number of nitrogens with zero attached hydrogens (tertiary/aromatic N) is 1. The van der Waals surface area contributed by atoms with Crippen molar-refractivity contribution in [2.75, 3.05) is 17.6 Å². The maximum Gasteiger partial charge on any atom is 0.232 e. The summed E-state index contributed by atoms with van der Waals surface area (Å²) in [5.41, 5.74) is 0.141. The van der Waals surface area contributed by atoms with E-state index in [0.29, 0.717) is 0 Å². The Morgan fingerprint density at radius 3 is 2.38 bits per heavy atom. The highest BCUT2D eigenvalue weighted by Crippen LogP contribution is 2.22. The number of carbonyl (C=O) groups is 1. The minimum absolute atomic E-state index is 0.129. The molecule has 0 spiro atoms. The van der Waals surface area contributed by atoms with E-state index >= 15 is 0 Å². The summed E-state index contributed by atoms with van der Waals surface area (Å²) in [6.45, 7) is 1.33. The van der Waals surface area contributed by atoms with E-state index in [1.807, 2.05) is 0 Å². The van der Waals surface area contributed by atoms with Gasteiger partial charge in [-0.25, -0.2) is 12.8 Å². The van der Waals surface area contributed by atoms with E-state index in [1.54, 1.807) is 0 Å². The molecule has 0 fully saturated rings. The number of benzene rings is 1. The SMILES string of the molecule is CC(=O)c1ccc(F)c(N(C)S(C)(=O)=O)c1. The molecule has 0 amide bonds. The first-order chi connectivity index (χ1) is 7.23. The van der Waals surface area contributed by atoms with Gasteiger partial charge in [0.1, 0.15) is 5.82 Å². The number of hydrogen-bond donors (Lipinski definition) is 0. The molecule has 0 aromatic heterocycles. The molecule has 0 aliphatic heterocycles. The Kier molecular flexibility index (Phi) is 3.32. The number of Topliss-reactive ketones (excluding diaryl/α,β-unsaturated/α-hetero) is 1. The molecular weight excluding hydrogens is 233 g/mol. The molecule has 0 atom stereocenters. The molecule has 1 aromatic rings. The zero-order chi connectivity index (χ0) is 12.5. The predicted molar refractivity (Wildman–Crippen MR) is 59.7 cm³/mol. The summed E-state index contributed by atoms with van der Waals surface area (Å²) in [5, 5.41) is 0. The molecule has 4 nitrogen and oxygen atoms in total. The van der Waals surface area contributed by atoms with E-state index in [9.17, 15) is 17.6 Å². The van der Waals surface area contributed by atoms with Crippen LogP contribution in [0.4, 0.5) is 10.1 Å². The molecule has 0 heterocycles. The zero-order valence-corrected chi connectivity index (χ0v) is 10.0. The smallest absolute Gasteiger partial charge is 0.232 e. The number of halogens is 1. The Morgan fingerprint density at radius 1 is 1.38 bits per heavy atom. The largest absolute Gasteiger partial charge is 0.295 e. The summed E-state index contributed by atoms with van der Waals surface area (Å²) in [4.78, 5) is 11.1. The molecule has 6 heteroatoms. The first kappa shape index (κ1) is 12.6. The summed E-state index contributed by atoms with van der Waals surface area (Å²) in [7, 11) is -2.31. The Labute approximate surface area is 93.7 Å². The van der Waals surface area contributed by atoms with Crippen molar-refractivity contribution in [3.8, 4) is 0 Å². The lowest BCUT2D eigenvalue weighted by Crippen LogP contribution is -2.26. The van der Waals surface area contributed by atoms with E-state index in [2.05, 4.69) is 0 Å². The van der Waals surface area contributed by atoms with E-state index in [1.165, 1.54) is 26.1 Å². The highest BCUT2D eigenvalue weighted by atomic mass is 32.2. The van der Waals surface area contributed by atoms with Gasteiger partial charge in [0, 0.05) is 12.6 Å². The summed E-state index contributed by atoms with van der Waals surface area (Å²) in [6.07, 6.45) is 0.965. The maximum absolute atomic E-state index is 13.4. The fraction of sp³-hybridized carbons (Fsp3) is 0.300. The average Bonchev–Trinajstić information content (AvgIpc) is 2.15. The number of rotatable bonds is 3. The van der Waals surface area contributed by atoms with Gasteiger partial charge in [0.2, 0.25) is 10.0 Å². The second-order valence-corrected chi connectivity index (χ2v) is 5.47. The van der Waals surface area contributed by atoms with Crippen molar-refractivity contribution >= 4 is 21.5 Å². The van der Waals surface area contributed by atoms with Gasteiger partial charge in [0.25, 0.3) is 0 Å². The van der Waals surface area contributed by atoms with Crippen molar-refractivity contribution in [3.05, 3.63) is 29.6 Å². The Morgan fingerprint density at radius 2 is 1.94 bits per heavy atom. The summed E-state index contributed by atoms with van der Waals surface area (Å²) < 4.78 is 36.7. The molecule has 16 heavy (non-hydrogen) atoms. The Hall–Kier alpha value is -1.43. The first-order valence-electron chi connectivity index (χ1n) is 4.48. The van der Waals surface area contributed by atoms with Gasteiger partial charge in [-0.1, -0.05) is 0 Å². The van der Waals surface area contributed by atoms with Crippen molar-refractivity contribution < 1.29 is 17.6 Å². The van der Waals surface area contributed by atoms with Gasteiger partial charge in [0.15, 0.2) is 5.78 Å². The van der Waals surface area contributed by atoms with Crippen LogP contribution in [0.2, 0.25) is 0 Å². The minimum atomic E-state index is -3.54. The van der Waals surface area contributed by atoms with Crippen LogP contribution in [-0.4, -0.2) is 27.5 Å². The lowest BCUT2D eigenvalue weighted by molar-refractivity contribution is 0.101. The molecule has 0 saturated heterocycles. The van der Waals surface area contributed by atoms with Crippen LogP contribution in [0.3, 0.4) is 0 Å². The third-order valence-electron chi connectivity index (χ3n) is 2.19. The standard InChI is InChI=1S/C10H12FNO3S/c1-7(13)8-4-5-9(11)10(6-8)12(2)16(3,14)15/h4-6H,1-3H3. The Bertz CT molecular complexity index is 525. The van der Waals surface area contributed by atoms with Crippen LogP contribution in [-0.2, 0) is 10.0 Å². The van der Waals surface area contributed by atoms with E-state index in [0.717, 1.165) is 16.6 Å². The van der Waals surface area contributed by atoms with E-state index in [4.69, 9.17) is 0 Å². The van der Waals surface area contributed by atoms with Crippen LogP contribution in [0.25, 0.3) is 0 Å². The normalized spacial score (nSPS) is 11.2. The molecule has 0 N–H and O–H groups in total. The van der Waals surface area contributed by atoms with Crippen LogP contribution in [0.5, 0.6) is 0 Å². The van der Waals surface area contributed by atoms with E-state index in [-0.39, 0.29) is 17.0 Å². The first-order valence-corrected chi connectivity index (χ1v) is 6.32. The summed E-state index contributed by atoms with van der Waals surface area (Å²) in [5.74, 6) is -0.930. The van der Waals surface area contributed by atoms with Gasteiger partial charge in [-0.15, -0.1) is 0 Å². The maximum atomic E-state index is 13.4. The van der Waals surface area contributed by atoms with Crippen molar-refractivity contribution in [3.63, 3.8) is 0 Å². The van der Waals surface area contributed by atoms with Crippen LogP contribution >= 0.6 is 0 Å². The molecule has 0 radical (unpaired) electrons. The molecule has 1 aromatic carbocycles. The minimum Gasteiger partial charge on any atom is -0.295 e. The van der Waals surface area contributed by atoms with Gasteiger partial charge in [-0.05, 0) is 25.1 Å². The number of sulfonamides is 1. The molecule has 0 saturated carbocycles. The number of ketones is 1. The van der Waals surface area contributed by atoms with Gasteiger partial charge in [-0.2, -0.15) is 0 Å². The number of carbonyl (C=O) groups excluding carboxylic acids is 1. The van der Waals surface area contributed by atoms with Crippen molar-refractivity contribution in [2.45, 2.75) is 6.92 Å². The van der Waals surface area contributed by atoms with Crippen molar-refractivity contribution in [1.82, 2.24) is 0 Å². The van der Waals surface area contributed by atoms with Crippen LogP contribution in [0.15, 0.2) is 18.2 Å². The van der Waals surface area contributed by atoms with E-state index < -0.39 is 15.8 Å². The highest BCUT2D eigenvalue weighted by Gasteiger charge is 2.17. The highest BCUT2D eigenvalue weighted by molar-refractivity contribution is 7.92. The van der Waals surface area contributed by atoms with Crippen LogP contribution < -0.4 is 4.31 Å². The van der Waals surface area contributed by atoms with Crippen molar-refractivity contribution in [1.29, 1.82) is 0 Å². The molecule has 1 rings (SSSR count). The molecular formula is C10H12FNO3S. The summed E-state index contributed by atoms with van der Waals surface area (Å²) in [6, 6.07) is 3.61. The monoisotopic (exact) mass is 245 g/mol. The quantitative estimate of drug-likeness (QED) is 0.757. The second kappa shape index (κ2) is 4.21. The number of anilines is 1. The molecule has 0 aliphatic carbocycles. The van der Waals surface area contributed by atoms with Gasteiger partial charge >= 0.3 is 0 Å². The fourth-order valence-electron chi connectivity index (χ4n) is 1.15. The van der Waals surface area contributed by atoms with Crippen LogP contribution in [0, 0.1) is 5.82 Å². The molecule has 0 bridgehead atoms. The third kappa shape index (κ3) is 2.57. The van der Waals surface area contributed by atoms with Gasteiger partial charge in [-0.3, -0.25) is 9.10 Å². The topological polar surface area (TPSA) is 54.5 Å². The van der Waals surface area contributed by atoms with Gasteiger partial charge in [0.05, 0.1) is 11.9 Å². The average molecular weight is 245 g/mol. The number of hydrogen-bond acceptors (Lipinski definition) is 3. The second-order valence-electron chi connectivity index (χ2n) is 3.45. The van der Waals surface area contributed by atoms with Crippen LogP contribution in [0.1, 0.15) is 17.3 Å². The molecule has 0 unspecified atom stereocenters. The predicted octanol–water partition coefficient (Wildman–Crippen LogP) is 1.42. The summed E-state index contributed by atoms with van der Waals surface area (Å²) >= 11 is 0. The molecule has 0 aliphatic rings. The van der Waals surface area contributed by atoms with Crippen molar-refractivity contribution in [2.24, 2.45) is 0 Å². The third-order valence-corrected chi connectivity index (χ3v) is 3.38. The zero-order valence-electron chi connectivity index (χ0n) is 9.19. The lowest BCUT2D eigenvalue weighted by Gasteiger charge is -2.17. The fourth-order valence-corrected chi connectivity index (χ4v) is 1.65.